The highest BCUT2D eigenvalue weighted by atomic mass is 16.7. The number of rotatable bonds is 6. The predicted octanol–water partition coefficient (Wildman–Crippen LogP) is 0.566. The van der Waals surface area contributed by atoms with E-state index in [-0.39, 0.29) is 7.69 Å². The molecule has 14 heavy (non-hydrogen) atoms. The summed E-state index contributed by atoms with van der Waals surface area (Å²) in [6.07, 6.45) is 3.30. The molecule has 0 bridgehead atoms. The Kier molecular flexibility index (Phi) is 4.97. The van der Waals surface area contributed by atoms with E-state index >= 15 is 0 Å². The van der Waals surface area contributed by atoms with Crippen molar-refractivity contribution in [1.82, 2.24) is 5.48 Å². The molecule has 0 heterocycles. The molecule has 0 fully saturated rings. The van der Waals surface area contributed by atoms with Gasteiger partial charge in [0.05, 0.1) is 0 Å². The maximum absolute atomic E-state index is 9.85. The van der Waals surface area contributed by atoms with Crippen LogP contribution in [0.3, 0.4) is 0 Å². The Morgan fingerprint density at radius 3 is 2.79 bits per heavy atom. The molecule has 0 aliphatic heterocycles. The van der Waals surface area contributed by atoms with Gasteiger partial charge in [-0.15, -0.1) is 0 Å². The molecule has 0 radical (unpaired) electrons. The predicted molar refractivity (Wildman–Crippen MR) is 53.6 cm³/mol. The quantitative estimate of drug-likeness (QED) is 0.234. The van der Waals surface area contributed by atoms with Gasteiger partial charge in [0, 0.05) is 6.20 Å². The standard InChI is InChI=1S/C9H10BNO3/c12-8-4-7-11-14-10-13-9-5-2-1-3-6-9/h1-8,10-11H. The van der Waals surface area contributed by atoms with Gasteiger partial charge in [-0.3, -0.25) is 15.0 Å². The normalized spacial score (nSPS) is 9.71. The summed E-state index contributed by atoms with van der Waals surface area (Å²) in [5.74, 6) is 0.730. The van der Waals surface area contributed by atoms with Crippen LogP contribution in [0.1, 0.15) is 0 Å². The summed E-state index contributed by atoms with van der Waals surface area (Å²) in [7, 11) is 0.0766. The Morgan fingerprint density at radius 1 is 1.29 bits per heavy atom. The lowest BCUT2D eigenvalue weighted by molar-refractivity contribution is -0.104. The van der Waals surface area contributed by atoms with Crippen molar-refractivity contribution in [2.75, 3.05) is 0 Å². The summed E-state index contributed by atoms with van der Waals surface area (Å²) in [4.78, 5) is 9.85. The molecule has 1 rings (SSSR count). The molecule has 0 aliphatic carbocycles. The van der Waals surface area contributed by atoms with Crippen LogP contribution in [0.25, 0.3) is 0 Å². The van der Waals surface area contributed by atoms with Crippen LogP contribution >= 0.6 is 0 Å². The van der Waals surface area contributed by atoms with Crippen molar-refractivity contribution >= 4 is 14.0 Å². The molecule has 0 saturated carbocycles. The van der Waals surface area contributed by atoms with Crippen LogP contribution in [0, 0.1) is 0 Å². The van der Waals surface area contributed by atoms with Gasteiger partial charge < -0.3 is 4.65 Å². The molecule has 0 unspecified atom stereocenters. The number of hydrogen-bond acceptors (Lipinski definition) is 4. The Morgan fingerprint density at radius 2 is 2.07 bits per heavy atom. The summed E-state index contributed by atoms with van der Waals surface area (Å²) >= 11 is 0. The first-order valence-electron chi connectivity index (χ1n) is 4.09. The number of hydrogen-bond donors (Lipinski definition) is 1. The summed E-state index contributed by atoms with van der Waals surface area (Å²) in [5.41, 5.74) is 2.42. The van der Waals surface area contributed by atoms with E-state index in [4.69, 9.17) is 9.41 Å². The molecule has 0 aromatic heterocycles. The average molecular weight is 191 g/mol. The Bertz CT molecular complexity index is 289. The van der Waals surface area contributed by atoms with Crippen molar-refractivity contribution in [3.63, 3.8) is 0 Å². The van der Waals surface area contributed by atoms with Crippen LogP contribution < -0.4 is 10.1 Å². The fourth-order valence-corrected chi connectivity index (χ4v) is 0.775. The molecular formula is C9H10BNO3. The van der Waals surface area contributed by atoms with Crippen LogP contribution in [-0.2, 0) is 9.55 Å². The monoisotopic (exact) mass is 191 g/mol. The Labute approximate surface area is 82.8 Å². The second-order valence-electron chi connectivity index (χ2n) is 2.33. The van der Waals surface area contributed by atoms with Crippen molar-refractivity contribution < 1.29 is 14.2 Å². The lowest BCUT2D eigenvalue weighted by atomic mass is 10.3. The molecule has 4 nitrogen and oxygen atoms in total. The maximum Gasteiger partial charge on any atom is 0.529 e. The van der Waals surface area contributed by atoms with E-state index in [0.29, 0.717) is 6.29 Å². The number of allylic oxidation sites excluding steroid dienone is 1. The van der Waals surface area contributed by atoms with Crippen LogP contribution in [-0.4, -0.2) is 14.0 Å². The first kappa shape index (κ1) is 10.3. The zero-order valence-corrected chi connectivity index (χ0v) is 7.55. The molecular weight excluding hydrogens is 181 g/mol. The minimum Gasteiger partial charge on any atom is -0.538 e. The molecule has 1 aromatic carbocycles. The largest absolute Gasteiger partial charge is 0.538 e. The van der Waals surface area contributed by atoms with Gasteiger partial charge >= 0.3 is 7.69 Å². The number of nitrogens with one attached hydrogen (secondary N) is 1. The lowest BCUT2D eigenvalue weighted by Gasteiger charge is -2.03. The maximum atomic E-state index is 9.85. The van der Waals surface area contributed by atoms with Gasteiger partial charge in [0.2, 0.25) is 0 Å². The van der Waals surface area contributed by atoms with E-state index in [0.717, 1.165) is 5.75 Å². The average Bonchev–Trinajstić information content (AvgIpc) is 2.25. The summed E-state index contributed by atoms with van der Waals surface area (Å²) < 4.78 is 10.0. The molecule has 72 valence electrons. The molecule has 0 saturated heterocycles. The molecule has 0 amide bonds. The van der Waals surface area contributed by atoms with Gasteiger partial charge in [0.15, 0.2) is 0 Å². The van der Waals surface area contributed by atoms with E-state index in [1.807, 2.05) is 30.3 Å². The number of hydroxylamine groups is 1. The SMILES string of the molecule is O=CC=CNOBOc1ccccc1. The summed E-state index contributed by atoms with van der Waals surface area (Å²) in [5, 5.41) is 0. The van der Waals surface area contributed by atoms with E-state index in [1.165, 1.54) is 12.3 Å². The highest BCUT2D eigenvalue weighted by Crippen LogP contribution is 2.06. The number of benzene rings is 1. The second-order valence-corrected chi connectivity index (χ2v) is 2.33. The van der Waals surface area contributed by atoms with Gasteiger partial charge in [-0.05, 0) is 18.2 Å². The molecule has 0 atom stereocenters. The van der Waals surface area contributed by atoms with Crippen LogP contribution in [0.5, 0.6) is 5.75 Å². The molecule has 1 N–H and O–H groups in total. The van der Waals surface area contributed by atoms with E-state index < -0.39 is 0 Å². The van der Waals surface area contributed by atoms with Crippen molar-refractivity contribution in [1.29, 1.82) is 0 Å². The first-order valence-corrected chi connectivity index (χ1v) is 4.09. The minimum atomic E-state index is 0.0766. The summed E-state index contributed by atoms with van der Waals surface area (Å²) in [6.45, 7) is 0. The minimum absolute atomic E-state index is 0.0766. The van der Waals surface area contributed by atoms with Gasteiger partial charge in [-0.1, -0.05) is 18.2 Å². The van der Waals surface area contributed by atoms with Crippen LogP contribution in [0.4, 0.5) is 0 Å². The van der Waals surface area contributed by atoms with E-state index in [2.05, 4.69) is 5.48 Å². The zero-order chi connectivity index (χ0) is 10.1. The van der Waals surface area contributed by atoms with Crippen LogP contribution in [0.15, 0.2) is 42.6 Å². The third-order valence-electron chi connectivity index (χ3n) is 1.35. The molecule has 1 aromatic rings. The number of carbonyl (C=O) groups excluding carboxylic acids is 1. The Hall–Kier alpha value is -1.75. The third-order valence-corrected chi connectivity index (χ3v) is 1.35. The fourth-order valence-electron chi connectivity index (χ4n) is 0.775. The lowest BCUT2D eigenvalue weighted by Crippen LogP contribution is -2.15. The molecule has 0 spiro atoms. The smallest absolute Gasteiger partial charge is 0.529 e. The van der Waals surface area contributed by atoms with Crippen LogP contribution in [0.2, 0.25) is 0 Å². The molecule has 5 heteroatoms. The fraction of sp³-hybridized carbons (Fsp3) is 0. The first-order chi connectivity index (χ1) is 6.93. The highest BCUT2D eigenvalue weighted by molar-refractivity contribution is 6.19. The Balaban J connectivity index is 2.10. The van der Waals surface area contributed by atoms with Crippen molar-refractivity contribution in [3.05, 3.63) is 42.6 Å². The topological polar surface area (TPSA) is 47.6 Å². The molecule has 0 aliphatic rings. The van der Waals surface area contributed by atoms with E-state index in [1.54, 1.807) is 0 Å². The number of carbonyl (C=O) groups is 1. The highest BCUT2D eigenvalue weighted by Gasteiger charge is 1.93. The van der Waals surface area contributed by atoms with Crippen molar-refractivity contribution in [2.45, 2.75) is 0 Å². The zero-order valence-electron chi connectivity index (χ0n) is 7.55. The van der Waals surface area contributed by atoms with Crippen molar-refractivity contribution in [3.8, 4) is 5.75 Å². The van der Waals surface area contributed by atoms with Gasteiger partial charge in [0.1, 0.15) is 12.0 Å². The second kappa shape index (κ2) is 6.74. The van der Waals surface area contributed by atoms with Crippen molar-refractivity contribution in [2.24, 2.45) is 0 Å². The van der Waals surface area contributed by atoms with Gasteiger partial charge in [-0.25, -0.2) is 0 Å². The number of para-hydroxylation sites is 1. The summed E-state index contributed by atoms with van der Waals surface area (Å²) in [6, 6.07) is 9.29. The van der Waals surface area contributed by atoms with Gasteiger partial charge in [-0.2, -0.15) is 0 Å². The third kappa shape index (κ3) is 4.32. The number of aldehydes is 1. The van der Waals surface area contributed by atoms with E-state index in [9.17, 15) is 4.79 Å². The van der Waals surface area contributed by atoms with Gasteiger partial charge in [0.25, 0.3) is 0 Å².